The Labute approximate surface area is 113 Å². The highest BCUT2D eigenvalue weighted by Crippen LogP contribution is 2.25. The summed E-state index contributed by atoms with van der Waals surface area (Å²) >= 11 is 2.92. The smallest absolute Gasteiger partial charge is 0.203 e. The van der Waals surface area contributed by atoms with Crippen molar-refractivity contribution in [1.82, 2.24) is 10.2 Å². The molecule has 0 saturated heterocycles. The molecule has 2 N–H and O–H groups in total. The third-order valence-corrected chi connectivity index (χ3v) is 5.18. The molecule has 0 aliphatic rings. The summed E-state index contributed by atoms with van der Waals surface area (Å²) in [5, 5.41) is 8.95. The van der Waals surface area contributed by atoms with E-state index < -0.39 is 9.84 Å². The summed E-state index contributed by atoms with van der Waals surface area (Å²) in [5.74, 6) is 0.674. The summed E-state index contributed by atoms with van der Waals surface area (Å²) in [7, 11) is -3.13. The van der Waals surface area contributed by atoms with E-state index in [0.717, 1.165) is 9.90 Å². The van der Waals surface area contributed by atoms with Crippen LogP contribution in [0.25, 0.3) is 0 Å². The van der Waals surface area contributed by atoms with Gasteiger partial charge in [-0.05, 0) is 24.3 Å². The van der Waals surface area contributed by atoms with Crippen molar-refractivity contribution in [3.8, 4) is 0 Å². The van der Waals surface area contributed by atoms with Crippen molar-refractivity contribution >= 4 is 38.1 Å². The number of thioether (sulfide) groups is 1. The molecule has 1 aromatic heterocycles. The van der Waals surface area contributed by atoms with Gasteiger partial charge in [0, 0.05) is 11.2 Å². The molecule has 2 aromatic rings. The maximum atomic E-state index is 11.3. The van der Waals surface area contributed by atoms with E-state index in [1.807, 2.05) is 0 Å². The number of nitrogens with zero attached hydrogens (tertiary/aromatic N) is 2. The first-order valence-corrected chi connectivity index (χ1v) is 8.65. The molecule has 0 aliphatic carbocycles. The minimum atomic E-state index is -3.13. The van der Waals surface area contributed by atoms with Crippen LogP contribution in [0.2, 0.25) is 0 Å². The molecule has 2 rings (SSSR count). The van der Waals surface area contributed by atoms with Crippen molar-refractivity contribution in [2.24, 2.45) is 0 Å². The van der Waals surface area contributed by atoms with Crippen molar-refractivity contribution in [2.45, 2.75) is 15.5 Å². The maximum Gasteiger partial charge on any atom is 0.203 e. The van der Waals surface area contributed by atoms with E-state index in [-0.39, 0.29) is 0 Å². The van der Waals surface area contributed by atoms with Crippen LogP contribution in [0.5, 0.6) is 0 Å². The molecule has 0 bridgehead atoms. The fourth-order valence-corrected chi connectivity index (χ4v) is 3.38. The van der Waals surface area contributed by atoms with E-state index in [9.17, 15) is 8.42 Å². The molecule has 0 aliphatic heterocycles. The summed E-state index contributed by atoms with van der Waals surface area (Å²) < 4.78 is 22.6. The van der Waals surface area contributed by atoms with Gasteiger partial charge in [-0.3, -0.25) is 0 Å². The largest absolute Gasteiger partial charge is 0.374 e. The van der Waals surface area contributed by atoms with Gasteiger partial charge in [-0.25, -0.2) is 8.42 Å². The molecule has 0 atom stereocenters. The van der Waals surface area contributed by atoms with E-state index in [4.69, 9.17) is 5.73 Å². The van der Waals surface area contributed by atoms with Crippen LogP contribution in [0.4, 0.5) is 5.13 Å². The molecule has 0 saturated carbocycles. The summed E-state index contributed by atoms with van der Waals surface area (Å²) in [5.41, 5.74) is 5.48. The Morgan fingerprint density at radius 3 is 2.44 bits per heavy atom. The number of rotatable bonds is 4. The molecule has 0 amide bonds. The number of aromatic nitrogens is 2. The number of nitrogen functional groups attached to an aromatic ring is 1. The highest BCUT2D eigenvalue weighted by molar-refractivity contribution is 7.98. The van der Waals surface area contributed by atoms with E-state index in [2.05, 4.69) is 10.2 Å². The Balaban J connectivity index is 2.03. The van der Waals surface area contributed by atoms with Crippen molar-refractivity contribution in [1.29, 1.82) is 0 Å². The normalized spacial score (nSPS) is 11.6. The summed E-state index contributed by atoms with van der Waals surface area (Å²) in [6, 6.07) is 6.77. The Hall–Kier alpha value is -1.12. The van der Waals surface area contributed by atoms with Crippen LogP contribution in [-0.4, -0.2) is 24.9 Å². The SMILES string of the molecule is CS(=O)(=O)c1ccc(SCc2nnc(N)s2)cc1. The maximum absolute atomic E-state index is 11.3. The number of anilines is 1. The average Bonchev–Trinajstić information content (AvgIpc) is 2.72. The van der Waals surface area contributed by atoms with Gasteiger partial charge in [0.2, 0.25) is 5.13 Å². The first kappa shape index (κ1) is 13.3. The van der Waals surface area contributed by atoms with Crippen LogP contribution >= 0.6 is 23.1 Å². The summed E-state index contributed by atoms with van der Waals surface area (Å²) in [6.07, 6.45) is 1.19. The Kier molecular flexibility index (Phi) is 3.88. The highest BCUT2D eigenvalue weighted by atomic mass is 32.2. The quantitative estimate of drug-likeness (QED) is 0.867. The van der Waals surface area contributed by atoms with E-state index in [1.165, 1.54) is 17.6 Å². The van der Waals surface area contributed by atoms with Crippen LogP contribution < -0.4 is 5.73 Å². The van der Waals surface area contributed by atoms with Gasteiger partial charge in [-0.15, -0.1) is 22.0 Å². The van der Waals surface area contributed by atoms with Gasteiger partial charge in [0.15, 0.2) is 9.84 Å². The lowest BCUT2D eigenvalue weighted by molar-refractivity contribution is 0.602. The minimum absolute atomic E-state index is 0.326. The molecule has 0 radical (unpaired) electrons. The van der Waals surface area contributed by atoms with Crippen LogP contribution in [0, 0.1) is 0 Å². The lowest BCUT2D eigenvalue weighted by atomic mass is 10.4. The lowest BCUT2D eigenvalue weighted by Crippen LogP contribution is -1.95. The fraction of sp³-hybridized carbons (Fsp3) is 0.200. The topological polar surface area (TPSA) is 85.9 Å². The zero-order valence-corrected chi connectivity index (χ0v) is 12.0. The van der Waals surface area contributed by atoms with Gasteiger partial charge in [-0.2, -0.15) is 0 Å². The molecule has 0 spiro atoms. The molecule has 18 heavy (non-hydrogen) atoms. The van der Waals surface area contributed by atoms with Gasteiger partial charge in [0.25, 0.3) is 0 Å². The van der Waals surface area contributed by atoms with Gasteiger partial charge >= 0.3 is 0 Å². The van der Waals surface area contributed by atoms with E-state index >= 15 is 0 Å². The number of sulfone groups is 1. The van der Waals surface area contributed by atoms with Crippen LogP contribution in [-0.2, 0) is 15.6 Å². The van der Waals surface area contributed by atoms with E-state index in [0.29, 0.717) is 15.8 Å². The Morgan fingerprint density at radius 1 is 1.28 bits per heavy atom. The zero-order valence-electron chi connectivity index (χ0n) is 9.53. The average molecular weight is 301 g/mol. The number of benzene rings is 1. The monoisotopic (exact) mass is 301 g/mol. The standard InChI is InChI=1S/C10H11N3O2S3/c1-18(14,15)8-4-2-7(3-5-8)16-6-9-12-13-10(11)17-9/h2-5H,6H2,1H3,(H2,11,13). The predicted octanol–water partition coefficient (Wildman–Crippen LogP) is 1.82. The van der Waals surface area contributed by atoms with Crippen LogP contribution in [0.15, 0.2) is 34.1 Å². The van der Waals surface area contributed by atoms with Crippen LogP contribution in [0.3, 0.4) is 0 Å². The second-order valence-electron chi connectivity index (χ2n) is 3.57. The third kappa shape index (κ3) is 3.44. The molecule has 8 heteroatoms. The van der Waals surface area contributed by atoms with Gasteiger partial charge < -0.3 is 5.73 Å². The van der Waals surface area contributed by atoms with Crippen molar-refractivity contribution in [2.75, 3.05) is 12.0 Å². The van der Waals surface area contributed by atoms with Crippen molar-refractivity contribution < 1.29 is 8.42 Å². The first-order valence-electron chi connectivity index (χ1n) is 4.96. The highest BCUT2D eigenvalue weighted by Gasteiger charge is 2.07. The van der Waals surface area contributed by atoms with Crippen molar-refractivity contribution in [3.05, 3.63) is 29.3 Å². The zero-order chi connectivity index (χ0) is 13.2. The van der Waals surface area contributed by atoms with E-state index in [1.54, 1.807) is 36.0 Å². The second-order valence-corrected chi connectivity index (χ2v) is 7.72. The second kappa shape index (κ2) is 5.25. The summed E-state index contributed by atoms with van der Waals surface area (Å²) in [4.78, 5) is 1.31. The predicted molar refractivity (Wildman–Crippen MR) is 73.4 cm³/mol. The number of nitrogens with two attached hydrogens (primary N) is 1. The molecule has 5 nitrogen and oxygen atoms in total. The molecule has 1 aromatic carbocycles. The number of hydrogen-bond donors (Lipinski definition) is 1. The molecule has 0 unspecified atom stereocenters. The third-order valence-electron chi connectivity index (χ3n) is 2.10. The molecular formula is C10H11N3O2S3. The van der Waals surface area contributed by atoms with Gasteiger partial charge in [0.1, 0.15) is 5.01 Å². The van der Waals surface area contributed by atoms with Gasteiger partial charge in [-0.1, -0.05) is 11.3 Å². The lowest BCUT2D eigenvalue weighted by Gasteiger charge is -2.01. The molecule has 1 heterocycles. The van der Waals surface area contributed by atoms with Crippen molar-refractivity contribution in [3.63, 3.8) is 0 Å². The van der Waals surface area contributed by atoms with Gasteiger partial charge in [0.05, 0.1) is 10.6 Å². The molecule has 0 fully saturated rings. The molecule has 96 valence electrons. The van der Waals surface area contributed by atoms with Crippen LogP contribution in [0.1, 0.15) is 5.01 Å². The molecular weight excluding hydrogens is 290 g/mol. The fourth-order valence-electron chi connectivity index (χ4n) is 1.25. The number of hydrogen-bond acceptors (Lipinski definition) is 7. The minimum Gasteiger partial charge on any atom is -0.374 e. The Morgan fingerprint density at radius 2 is 1.94 bits per heavy atom. The Bertz CT molecular complexity index is 635. The summed E-state index contributed by atoms with van der Waals surface area (Å²) in [6.45, 7) is 0. The first-order chi connectivity index (χ1) is 8.45.